The fourth-order valence-electron chi connectivity index (χ4n) is 2.71. The number of carboxylic acids is 1. The Balaban J connectivity index is 0.00000312. The lowest BCUT2D eigenvalue weighted by atomic mass is 9.99. The van der Waals surface area contributed by atoms with Crippen molar-refractivity contribution in [1.29, 1.82) is 0 Å². The molecule has 0 radical (unpaired) electrons. The Bertz CT molecular complexity index is 691. The minimum absolute atomic E-state index is 0. The summed E-state index contributed by atoms with van der Waals surface area (Å²) in [5.41, 5.74) is -0.652. The van der Waals surface area contributed by atoms with E-state index in [9.17, 15) is 17.6 Å². The van der Waals surface area contributed by atoms with Crippen LogP contribution < -0.4 is 4.72 Å². The Morgan fingerprint density at radius 2 is 2.00 bits per heavy atom. The van der Waals surface area contributed by atoms with Crippen molar-refractivity contribution in [1.82, 2.24) is 9.62 Å². The third-order valence-electron chi connectivity index (χ3n) is 4.30. The van der Waals surface area contributed by atoms with Crippen molar-refractivity contribution in [3.8, 4) is 0 Å². The van der Waals surface area contributed by atoms with Crippen LogP contribution in [0.25, 0.3) is 0 Å². The molecule has 2 N–H and O–H groups in total. The zero-order chi connectivity index (χ0) is 17.7. The number of nitrogens with one attached hydrogen (secondary N) is 1. The molecule has 2 rings (SSSR count). The van der Waals surface area contributed by atoms with Gasteiger partial charge in [0.1, 0.15) is 5.82 Å². The van der Waals surface area contributed by atoms with Gasteiger partial charge in [-0.05, 0) is 63.0 Å². The summed E-state index contributed by atoms with van der Waals surface area (Å²) in [6, 6.07) is 2.76. The molecule has 0 aliphatic carbocycles. The van der Waals surface area contributed by atoms with E-state index >= 15 is 0 Å². The van der Waals surface area contributed by atoms with Crippen molar-refractivity contribution < 1.29 is 22.7 Å². The molecule has 0 amide bonds. The number of likely N-dealkylation sites (tertiary alicyclic amines) is 1. The lowest BCUT2D eigenvalue weighted by Crippen LogP contribution is -2.35. The summed E-state index contributed by atoms with van der Waals surface area (Å²) in [6.07, 6.45) is 3.00. The predicted octanol–water partition coefficient (Wildman–Crippen LogP) is 2.35. The van der Waals surface area contributed by atoms with Crippen molar-refractivity contribution >= 4 is 28.4 Å². The Hall–Kier alpha value is -1.22. The SMILES string of the molecule is CC1CCN(CCCNS(=O)(=O)c2ccc(F)c(C(=O)O)c2)CC1.Cl. The maximum atomic E-state index is 13.3. The topological polar surface area (TPSA) is 86.7 Å². The number of hydrogen-bond donors (Lipinski definition) is 2. The van der Waals surface area contributed by atoms with Crippen LogP contribution in [0.2, 0.25) is 0 Å². The monoisotopic (exact) mass is 394 g/mol. The molecule has 1 heterocycles. The lowest BCUT2D eigenvalue weighted by molar-refractivity contribution is 0.0691. The van der Waals surface area contributed by atoms with Crippen molar-refractivity contribution in [2.75, 3.05) is 26.2 Å². The third-order valence-corrected chi connectivity index (χ3v) is 5.76. The first-order valence-corrected chi connectivity index (χ1v) is 9.53. The first-order valence-electron chi connectivity index (χ1n) is 8.04. The Kier molecular flexibility index (Phi) is 8.27. The van der Waals surface area contributed by atoms with E-state index in [1.807, 2.05) is 0 Å². The van der Waals surface area contributed by atoms with Crippen LogP contribution >= 0.6 is 12.4 Å². The number of piperidine rings is 1. The third kappa shape index (κ3) is 6.22. The van der Waals surface area contributed by atoms with Crippen LogP contribution in [0.3, 0.4) is 0 Å². The Morgan fingerprint density at radius 3 is 2.60 bits per heavy atom. The van der Waals surface area contributed by atoms with Gasteiger partial charge in [0.2, 0.25) is 10.0 Å². The Labute approximate surface area is 153 Å². The van der Waals surface area contributed by atoms with Gasteiger partial charge < -0.3 is 10.0 Å². The molecule has 0 unspecified atom stereocenters. The van der Waals surface area contributed by atoms with Crippen LogP contribution in [-0.4, -0.2) is 50.6 Å². The number of benzene rings is 1. The molecule has 1 aliphatic rings. The maximum absolute atomic E-state index is 13.3. The first-order chi connectivity index (χ1) is 11.3. The van der Waals surface area contributed by atoms with Crippen molar-refractivity contribution in [3.05, 3.63) is 29.6 Å². The van der Waals surface area contributed by atoms with Gasteiger partial charge in [-0.1, -0.05) is 6.92 Å². The largest absolute Gasteiger partial charge is 0.478 e. The number of nitrogens with zero attached hydrogens (tertiary/aromatic N) is 1. The average molecular weight is 395 g/mol. The number of carbonyl (C=O) groups is 1. The smallest absolute Gasteiger partial charge is 0.338 e. The number of hydrogen-bond acceptors (Lipinski definition) is 4. The predicted molar refractivity (Wildman–Crippen MR) is 95.3 cm³/mol. The molecule has 1 saturated heterocycles. The minimum atomic E-state index is -3.84. The molecule has 0 spiro atoms. The van der Waals surface area contributed by atoms with E-state index in [4.69, 9.17) is 5.11 Å². The summed E-state index contributed by atoms with van der Waals surface area (Å²) in [5, 5.41) is 8.87. The fourth-order valence-corrected chi connectivity index (χ4v) is 3.81. The molecule has 1 aromatic carbocycles. The normalized spacial score (nSPS) is 16.4. The number of sulfonamides is 1. The van der Waals surface area contributed by atoms with Crippen LogP contribution in [0.5, 0.6) is 0 Å². The maximum Gasteiger partial charge on any atom is 0.338 e. The highest BCUT2D eigenvalue weighted by atomic mass is 35.5. The number of rotatable bonds is 7. The van der Waals surface area contributed by atoms with Gasteiger partial charge in [-0.2, -0.15) is 0 Å². The van der Waals surface area contributed by atoms with Gasteiger partial charge >= 0.3 is 5.97 Å². The van der Waals surface area contributed by atoms with Crippen LogP contribution in [0.15, 0.2) is 23.1 Å². The van der Waals surface area contributed by atoms with E-state index in [1.54, 1.807) is 0 Å². The van der Waals surface area contributed by atoms with E-state index < -0.39 is 27.4 Å². The summed E-state index contributed by atoms with van der Waals surface area (Å²) in [4.78, 5) is 13.0. The fraction of sp³-hybridized carbons (Fsp3) is 0.562. The van der Waals surface area contributed by atoms with E-state index in [0.717, 1.165) is 43.8 Å². The molecule has 1 fully saturated rings. The molecule has 9 heteroatoms. The quantitative estimate of drug-likeness (QED) is 0.693. The van der Waals surface area contributed by atoms with Crippen molar-refractivity contribution in [3.63, 3.8) is 0 Å². The van der Waals surface area contributed by atoms with E-state index in [0.29, 0.717) is 6.42 Å². The van der Waals surface area contributed by atoms with Crippen molar-refractivity contribution in [2.45, 2.75) is 31.1 Å². The summed E-state index contributed by atoms with van der Waals surface area (Å²) in [7, 11) is -3.84. The number of carboxylic acid groups (broad SMARTS) is 1. The highest BCUT2D eigenvalue weighted by molar-refractivity contribution is 7.89. The second-order valence-corrected chi connectivity index (χ2v) is 7.99. The number of halogens is 2. The second kappa shape index (κ2) is 9.47. The summed E-state index contributed by atoms with van der Waals surface area (Å²) in [5.74, 6) is -1.70. The average Bonchev–Trinajstić information content (AvgIpc) is 2.53. The molecule has 1 aromatic rings. The van der Waals surface area contributed by atoms with Gasteiger partial charge in [-0.3, -0.25) is 0 Å². The molecule has 0 bridgehead atoms. The molecular weight excluding hydrogens is 371 g/mol. The summed E-state index contributed by atoms with van der Waals surface area (Å²) >= 11 is 0. The molecule has 0 atom stereocenters. The standard InChI is InChI=1S/C16H23FN2O4S.ClH/c1-12-5-9-19(10-6-12)8-2-7-18-24(22,23)13-3-4-15(17)14(11-13)16(20)21;/h3-4,11-12,18H,2,5-10H2,1H3,(H,20,21);1H. The van der Waals surface area contributed by atoms with E-state index in [1.165, 1.54) is 12.8 Å². The van der Waals surface area contributed by atoms with E-state index in [2.05, 4.69) is 16.5 Å². The zero-order valence-corrected chi connectivity index (χ0v) is 15.7. The highest BCUT2D eigenvalue weighted by Gasteiger charge is 2.19. The van der Waals surface area contributed by atoms with Gasteiger partial charge in [0.05, 0.1) is 10.5 Å². The second-order valence-electron chi connectivity index (χ2n) is 6.22. The lowest BCUT2D eigenvalue weighted by Gasteiger charge is -2.30. The summed E-state index contributed by atoms with van der Waals surface area (Å²) < 4.78 is 40.1. The molecular formula is C16H24ClFN2O4S. The molecule has 0 saturated carbocycles. The minimum Gasteiger partial charge on any atom is -0.478 e. The van der Waals surface area contributed by atoms with Crippen LogP contribution in [0, 0.1) is 11.7 Å². The van der Waals surface area contributed by atoms with Gasteiger partial charge in [-0.15, -0.1) is 12.4 Å². The summed E-state index contributed by atoms with van der Waals surface area (Å²) in [6.45, 7) is 5.38. The molecule has 6 nitrogen and oxygen atoms in total. The molecule has 0 aromatic heterocycles. The molecule has 1 aliphatic heterocycles. The van der Waals surface area contributed by atoms with Gasteiger partial charge in [-0.25, -0.2) is 22.3 Å². The zero-order valence-electron chi connectivity index (χ0n) is 14.1. The first kappa shape index (κ1) is 21.8. The number of aromatic carboxylic acids is 1. The molecule has 25 heavy (non-hydrogen) atoms. The van der Waals surface area contributed by atoms with Crippen LogP contribution in [0.4, 0.5) is 4.39 Å². The van der Waals surface area contributed by atoms with Crippen LogP contribution in [0.1, 0.15) is 36.5 Å². The van der Waals surface area contributed by atoms with E-state index in [-0.39, 0.29) is 23.8 Å². The van der Waals surface area contributed by atoms with Crippen molar-refractivity contribution in [2.24, 2.45) is 5.92 Å². The van der Waals surface area contributed by atoms with Gasteiger partial charge in [0.25, 0.3) is 0 Å². The molecule has 142 valence electrons. The van der Waals surface area contributed by atoms with Crippen LogP contribution in [-0.2, 0) is 10.0 Å². The van der Waals surface area contributed by atoms with Gasteiger partial charge in [0.15, 0.2) is 0 Å². The van der Waals surface area contributed by atoms with Gasteiger partial charge in [0, 0.05) is 6.54 Å². The highest BCUT2D eigenvalue weighted by Crippen LogP contribution is 2.17. The Morgan fingerprint density at radius 1 is 1.36 bits per heavy atom.